The van der Waals surface area contributed by atoms with E-state index in [-0.39, 0.29) is 11.7 Å². The highest BCUT2D eigenvalue weighted by atomic mass is 19.4. The van der Waals surface area contributed by atoms with Crippen LogP contribution in [0.1, 0.15) is 37.3 Å². The Labute approximate surface area is 216 Å². The Morgan fingerprint density at radius 1 is 1.16 bits per heavy atom. The number of halogens is 4. The van der Waals surface area contributed by atoms with Crippen LogP contribution in [-0.4, -0.2) is 41.5 Å². The zero-order valence-corrected chi connectivity index (χ0v) is 21.0. The zero-order chi connectivity index (χ0) is 26.8. The predicted molar refractivity (Wildman–Crippen MR) is 140 cm³/mol. The maximum absolute atomic E-state index is 13.9. The van der Waals surface area contributed by atoms with Crippen molar-refractivity contribution < 1.29 is 22.4 Å². The summed E-state index contributed by atoms with van der Waals surface area (Å²) in [6, 6.07) is 10.8. The van der Waals surface area contributed by atoms with E-state index in [4.69, 9.17) is 0 Å². The Morgan fingerprint density at radius 2 is 1.86 bits per heavy atom. The van der Waals surface area contributed by atoms with E-state index in [0.717, 1.165) is 43.8 Å². The standard InChI is InChI=1S/C29H33F4N3O/c1-3-9-22(4-2)12-8-15-35-16-13-27(14-17-35)36(21-23-10-6-5-7-11-23)28(37)34-26-19-24(29(31,32)33)18-25(30)20-26/h3,5-12,18-20,27H,1,4,13-17,21H2,2H3,(H,34,37)/b12-8+,22-9+. The third-order valence-electron chi connectivity index (χ3n) is 6.37. The number of nitrogens with zero attached hydrogens (tertiary/aromatic N) is 2. The van der Waals surface area contributed by atoms with Crippen molar-refractivity contribution >= 4 is 11.7 Å². The SMILES string of the molecule is C=C/C=C(/C=C/CN1CCC(N(Cc2ccccc2)C(=O)Nc2cc(F)cc(C(F)(F)F)c2)CC1)CC. The molecule has 2 aromatic carbocycles. The fourth-order valence-electron chi connectivity index (χ4n) is 4.38. The Hall–Kier alpha value is -3.39. The summed E-state index contributed by atoms with van der Waals surface area (Å²) in [5.74, 6) is -1.06. The maximum atomic E-state index is 13.9. The van der Waals surface area contributed by atoms with Crippen molar-refractivity contribution in [3.05, 3.63) is 102 Å². The molecular weight excluding hydrogens is 482 g/mol. The highest BCUT2D eigenvalue weighted by molar-refractivity contribution is 5.89. The van der Waals surface area contributed by atoms with E-state index in [1.807, 2.05) is 36.4 Å². The number of piperidine rings is 1. The number of amides is 2. The van der Waals surface area contributed by atoms with Crippen LogP contribution in [0.4, 0.5) is 28.0 Å². The number of carbonyl (C=O) groups is 1. The highest BCUT2D eigenvalue weighted by Crippen LogP contribution is 2.32. The summed E-state index contributed by atoms with van der Waals surface area (Å²) in [6.07, 6.45) is 5.61. The minimum atomic E-state index is -4.72. The van der Waals surface area contributed by atoms with Crippen LogP contribution in [0.3, 0.4) is 0 Å². The quantitative estimate of drug-likeness (QED) is 0.279. The monoisotopic (exact) mass is 515 g/mol. The van der Waals surface area contributed by atoms with Gasteiger partial charge in [0.25, 0.3) is 0 Å². The first-order chi connectivity index (χ1) is 17.7. The third-order valence-corrected chi connectivity index (χ3v) is 6.37. The van der Waals surface area contributed by atoms with Gasteiger partial charge < -0.3 is 10.2 Å². The lowest BCUT2D eigenvalue weighted by atomic mass is 10.0. The van der Waals surface area contributed by atoms with Crippen LogP contribution in [-0.2, 0) is 12.7 Å². The number of alkyl halides is 3. The van der Waals surface area contributed by atoms with Crippen molar-refractivity contribution in [3.63, 3.8) is 0 Å². The lowest BCUT2D eigenvalue weighted by Gasteiger charge is -2.38. The van der Waals surface area contributed by atoms with E-state index in [1.54, 1.807) is 11.0 Å². The van der Waals surface area contributed by atoms with Gasteiger partial charge in [0.2, 0.25) is 0 Å². The molecular formula is C29H33F4N3O. The fourth-order valence-corrected chi connectivity index (χ4v) is 4.38. The van der Waals surface area contributed by atoms with Gasteiger partial charge in [0.05, 0.1) is 5.56 Å². The predicted octanol–water partition coefficient (Wildman–Crippen LogP) is 7.42. The summed E-state index contributed by atoms with van der Waals surface area (Å²) in [6.45, 7) is 8.46. The lowest BCUT2D eigenvalue weighted by Crippen LogP contribution is -2.48. The first-order valence-corrected chi connectivity index (χ1v) is 12.4. The summed E-state index contributed by atoms with van der Waals surface area (Å²) in [5.41, 5.74) is 0.728. The van der Waals surface area contributed by atoms with Crippen molar-refractivity contribution in [2.24, 2.45) is 0 Å². The van der Waals surface area contributed by atoms with Gasteiger partial charge >= 0.3 is 12.2 Å². The summed E-state index contributed by atoms with van der Waals surface area (Å²) >= 11 is 0. The Morgan fingerprint density at radius 3 is 2.49 bits per heavy atom. The van der Waals surface area contributed by atoms with E-state index >= 15 is 0 Å². The fraction of sp³-hybridized carbons (Fsp3) is 0.345. The largest absolute Gasteiger partial charge is 0.416 e. The molecule has 4 nitrogen and oxygen atoms in total. The minimum absolute atomic E-state index is 0.108. The molecule has 0 saturated carbocycles. The van der Waals surface area contributed by atoms with Crippen LogP contribution in [0.15, 0.2) is 85.0 Å². The van der Waals surface area contributed by atoms with Crippen LogP contribution in [0, 0.1) is 5.82 Å². The Balaban J connectivity index is 1.71. The number of urea groups is 1. The van der Waals surface area contributed by atoms with E-state index in [1.165, 1.54) is 5.57 Å². The summed E-state index contributed by atoms with van der Waals surface area (Å²) < 4.78 is 53.3. The highest BCUT2D eigenvalue weighted by Gasteiger charge is 2.32. The van der Waals surface area contributed by atoms with E-state index in [0.29, 0.717) is 25.5 Å². The normalized spacial score (nSPS) is 15.6. The Kier molecular flexibility index (Phi) is 10.1. The molecule has 1 saturated heterocycles. The topological polar surface area (TPSA) is 35.6 Å². The van der Waals surface area contributed by atoms with Crippen molar-refractivity contribution in [2.45, 2.75) is 44.9 Å². The number of hydrogen-bond donors (Lipinski definition) is 1. The van der Waals surface area contributed by atoms with Gasteiger partial charge in [-0.25, -0.2) is 9.18 Å². The summed E-state index contributed by atoms with van der Waals surface area (Å²) in [5, 5.41) is 2.50. The van der Waals surface area contributed by atoms with Crippen LogP contribution in [0.2, 0.25) is 0 Å². The molecule has 8 heteroatoms. The number of nitrogens with one attached hydrogen (secondary N) is 1. The molecule has 2 amide bonds. The average molecular weight is 516 g/mol. The van der Waals surface area contributed by atoms with Crippen molar-refractivity contribution in [2.75, 3.05) is 25.0 Å². The minimum Gasteiger partial charge on any atom is -0.317 e. The van der Waals surface area contributed by atoms with Crippen LogP contribution in [0.25, 0.3) is 0 Å². The molecule has 0 spiro atoms. The second-order valence-electron chi connectivity index (χ2n) is 9.03. The molecule has 0 atom stereocenters. The molecule has 0 radical (unpaired) electrons. The number of hydrogen-bond acceptors (Lipinski definition) is 2. The van der Waals surface area contributed by atoms with E-state index in [9.17, 15) is 22.4 Å². The summed E-state index contributed by atoms with van der Waals surface area (Å²) in [4.78, 5) is 17.2. The molecule has 3 rings (SSSR count). The molecule has 2 aromatic rings. The van der Waals surface area contributed by atoms with Crippen LogP contribution < -0.4 is 5.32 Å². The maximum Gasteiger partial charge on any atom is 0.416 e. The first kappa shape index (κ1) is 28.2. The average Bonchev–Trinajstić information content (AvgIpc) is 2.87. The molecule has 37 heavy (non-hydrogen) atoms. The molecule has 1 aliphatic rings. The molecule has 198 valence electrons. The number of anilines is 1. The molecule has 0 bridgehead atoms. The molecule has 0 aromatic heterocycles. The van der Waals surface area contributed by atoms with Gasteiger partial charge in [-0.2, -0.15) is 13.2 Å². The molecule has 0 aliphatic carbocycles. The van der Waals surface area contributed by atoms with Gasteiger partial charge in [-0.15, -0.1) is 0 Å². The van der Waals surface area contributed by atoms with Crippen LogP contribution in [0.5, 0.6) is 0 Å². The molecule has 1 N–H and O–H groups in total. The van der Waals surface area contributed by atoms with Crippen molar-refractivity contribution in [1.29, 1.82) is 0 Å². The third kappa shape index (κ3) is 8.60. The van der Waals surface area contributed by atoms with Gasteiger partial charge in [-0.1, -0.05) is 68.1 Å². The van der Waals surface area contributed by atoms with E-state index in [2.05, 4.69) is 35.9 Å². The van der Waals surface area contributed by atoms with Gasteiger partial charge in [0, 0.05) is 37.9 Å². The first-order valence-electron chi connectivity index (χ1n) is 12.4. The van der Waals surface area contributed by atoms with Crippen molar-refractivity contribution in [1.82, 2.24) is 9.80 Å². The molecule has 0 unspecified atom stereocenters. The van der Waals surface area contributed by atoms with Gasteiger partial charge in [-0.05, 0) is 48.6 Å². The van der Waals surface area contributed by atoms with Gasteiger partial charge in [-0.3, -0.25) is 4.90 Å². The number of allylic oxidation sites excluding steroid dienone is 4. The second-order valence-corrected chi connectivity index (χ2v) is 9.03. The van der Waals surface area contributed by atoms with Gasteiger partial charge in [0.15, 0.2) is 0 Å². The smallest absolute Gasteiger partial charge is 0.317 e. The number of benzene rings is 2. The summed E-state index contributed by atoms with van der Waals surface area (Å²) in [7, 11) is 0. The zero-order valence-electron chi connectivity index (χ0n) is 21.0. The second kappa shape index (κ2) is 13.2. The lowest BCUT2D eigenvalue weighted by molar-refractivity contribution is -0.137. The van der Waals surface area contributed by atoms with Crippen molar-refractivity contribution in [3.8, 4) is 0 Å². The molecule has 1 heterocycles. The molecule has 1 fully saturated rings. The number of likely N-dealkylation sites (tertiary alicyclic amines) is 1. The van der Waals surface area contributed by atoms with Gasteiger partial charge in [0.1, 0.15) is 5.82 Å². The van der Waals surface area contributed by atoms with Crippen LogP contribution >= 0.6 is 0 Å². The Bertz CT molecular complexity index is 1100. The number of rotatable bonds is 9. The molecule has 1 aliphatic heterocycles. The number of carbonyl (C=O) groups excluding carboxylic acids is 1. The van der Waals surface area contributed by atoms with E-state index < -0.39 is 23.6 Å².